The summed E-state index contributed by atoms with van der Waals surface area (Å²) in [6.45, 7) is 6.44. The van der Waals surface area contributed by atoms with Gasteiger partial charge in [0.15, 0.2) is 0 Å². The second kappa shape index (κ2) is 7.62. The van der Waals surface area contributed by atoms with E-state index in [1.165, 1.54) is 6.07 Å². The second-order valence-electron chi connectivity index (χ2n) is 5.59. The van der Waals surface area contributed by atoms with Crippen molar-refractivity contribution < 1.29 is 4.79 Å². The second-order valence-corrected chi connectivity index (χ2v) is 5.59. The quantitative estimate of drug-likeness (QED) is 0.577. The minimum atomic E-state index is -0.266. The summed E-state index contributed by atoms with van der Waals surface area (Å²) in [6, 6.07) is 1.01. The molecule has 9 heteroatoms. The summed E-state index contributed by atoms with van der Waals surface area (Å²) in [7, 11) is 1.86. The number of nitrogens with zero attached hydrogens (tertiary/aromatic N) is 3. The summed E-state index contributed by atoms with van der Waals surface area (Å²) in [5, 5.41) is 12.7. The number of carbonyl (C=O) groups excluding carboxylic acids is 1. The Morgan fingerprint density at radius 1 is 1.38 bits per heavy atom. The van der Waals surface area contributed by atoms with Crippen LogP contribution in [0.2, 0.25) is 0 Å². The predicted octanol–water partition coefficient (Wildman–Crippen LogP) is 0.593. The van der Waals surface area contributed by atoms with Crippen molar-refractivity contribution in [1.82, 2.24) is 30.4 Å². The molecule has 9 nitrogen and oxygen atoms in total. The molecule has 0 radical (unpaired) electrons. The van der Waals surface area contributed by atoms with Crippen LogP contribution in [0.25, 0.3) is 0 Å². The molecule has 0 aromatic carbocycles. The monoisotopic (exact) mass is 333 g/mol. The first-order chi connectivity index (χ1) is 11.4. The lowest BCUT2D eigenvalue weighted by atomic mass is 10.1. The Kier molecular flexibility index (Phi) is 5.56. The Bertz CT molecular complexity index is 765. The Labute approximate surface area is 139 Å². The zero-order valence-corrected chi connectivity index (χ0v) is 14.3. The SMILES string of the molecule is Cc1cc(=O)[nH]c(NCCNC(=O)NC(C)c2cnn(C)c2C)n1. The number of aryl methyl sites for hydroxylation is 2. The highest BCUT2D eigenvalue weighted by atomic mass is 16.2. The van der Waals surface area contributed by atoms with Crippen LogP contribution in [-0.4, -0.2) is 38.9 Å². The molecule has 0 aliphatic carbocycles. The van der Waals surface area contributed by atoms with Crippen molar-refractivity contribution in [3.05, 3.63) is 39.6 Å². The van der Waals surface area contributed by atoms with E-state index in [0.717, 1.165) is 11.3 Å². The van der Waals surface area contributed by atoms with Crippen LogP contribution in [0.4, 0.5) is 10.7 Å². The Balaban J connectivity index is 1.75. The van der Waals surface area contributed by atoms with E-state index in [2.05, 4.69) is 31.0 Å². The molecule has 0 spiro atoms. The van der Waals surface area contributed by atoms with Gasteiger partial charge in [0.2, 0.25) is 5.95 Å². The van der Waals surface area contributed by atoms with Gasteiger partial charge in [-0.25, -0.2) is 9.78 Å². The number of amides is 2. The van der Waals surface area contributed by atoms with Crippen LogP contribution < -0.4 is 21.5 Å². The molecule has 0 saturated heterocycles. The number of aromatic amines is 1. The van der Waals surface area contributed by atoms with Gasteiger partial charge in [-0.3, -0.25) is 14.5 Å². The Hall–Kier alpha value is -2.84. The average Bonchev–Trinajstić information content (AvgIpc) is 2.82. The number of urea groups is 1. The number of H-pyrrole nitrogens is 1. The molecule has 1 atom stereocenters. The molecule has 0 bridgehead atoms. The van der Waals surface area contributed by atoms with E-state index in [1.807, 2.05) is 20.9 Å². The van der Waals surface area contributed by atoms with Gasteiger partial charge < -0.3 is 16.0 Å². The van der Waals surface area contributed by atoms with Crippen molar-refractivity contribution in [2.24, 2.45) is 7.05 Å². The first-order valence-corrected chi connectivity index (χ1v) is 7.71. The van der Waals surface area contributed by atoms with E-state index in [1.54, 1.807) is 17.8 Å². The highest BCUT2D eigenvalue weighted by molar-refractivity contribution is 5.74. The molecule has 0 saturated carbocycles. The van der Waals surface area contributed by atoms with Gasteiger partial charge in [0.1, 0.15) is 0 Å². The zero-order chi connectivity index (χ0) is 17.7. The van der Waals surface area contributed by atoms with E-state index in [0.29, 0.717) is 24.7 Å². The van der Waals surface area contributed by atoms with Gasteiger partial charge in [-0.05, 0) is 20.8 Å². The van der Waals surface area contributed by atoms with Crippen LogP contribution in [0.5, 0.6) is 0 Å². The lowest BCUT2D eigenvalue weighted by molar-refractivity contribution is 0.238. The van der Waals surface area contributed by atoms with Crippen molar-refractivity contribution in [3.8, 4) is 0 Å². The summed E-state index contributed by atoms with van der Waals surface area (Å²) in [5.41, 5.74) is 2.41. The minimum Gasteiger partial charge on any atom is -0.354 e. The van der Waals surface area contributed by atoms with Crippen molar-refractivity contribution in [3.63, 3.8) is 0 Å². The average molecular weight is 333 g/mol. The van der Waals surface area contributed by atoms with Crippen LogP contribution >= 0.6 is 0 Å². The number of hydrogen-bond donors (Lipinski definition) is 4. The maximum Gasteiger partial charge on any atom is 0.315 e. The summed E-state index contributed by atoms with van der Waals surface area (Å²) >= 11 is 0. The first-order valence-electron chi connectivity index (χ1n) is 7.71. The van der Waals surface area contributed by atoms with Crippen LogP contribution in [0.1, 0.15) is 29.9 Å². The maximum atomic E-state index is 11.9. The summed E-state index contributed by atoms with van der Waals surface area (Å²) in [6.07, 6.45) is 1.75. The molecule has 2 heterocycles. The van der Waals surface area contributed by atoms with Crippen LogP contribution in [0.3, 0.4) is 0 Å². The third kappa shape index (κ3) is 4.58. The smallest absolute Gasteiger partial charge is 0.315 e. The van der Waals surface area contributed by atoms with Crippen molar-refractivity contribution in [1.29, 1.82) is 0 Å². The van der Waals surface area contributed by atoms with Gasteiger partial charge in [-0.1, -0.05) is 0 Å². The minimum absolute atomic E-state index is 0.138. The van der Waals surface area contributed by atoms with Gasteiger partial charge in [-0.15, -0.1) is 0 Å². The number of anilines is 1. The lowest BCUT2D eigenvalue weighted by Crippen LogP contribution is -2.39. The molecule has 1 unspecified atom stereocenters. The van der Waals surface area contributed by atoms with Crippen molar-refractivity contribution >= 4 is 12.0 Å². The predicted molar refractivity (Wildman–Crippen MR) is 91.0 cm³/mol. The number of rotatable bonds is 6. The van der Waals surface area contributed by atoms with Gasteiger partial charge in [0.25, 0.3) is 5.56 Å². The van der Waals surface area contributed by atoms with Gasteiger partial charge >= 0.3 is 6.03 Å². The molecule has 2 aromatic rings. The highest BCUT2D eigenvalue weighted by Crippen LogP contribution is 2.15. The number of hydrogen-bond acceptors (Lipinski definition) is 5. The molecule has 130 valence electrons. The topological polar surface area (TPSA) is 117 Å². The molecule has 2 rings (SSSR count). The van der Waals surface area contributed by atoms with E-state index in [9.17, 15) is 9.59 Å². The highest BCUT2D eigenvalue weighted by Gasteiger charge is 2.14. The molecule has 4 N–H and O–H groups in total. The third-order valence-electron chi connectivity index (χ3n) is 3.66. The molecular weight excluding hydrogens is 310 g/mol. The van der Waals surface area contributed by atoms with E-state index in [-0.39, 0.29) is 17.6 Å². The largest absolute Gasteiger partial charge is 0.354 e. The van der Waals surface area contributed by atoms with Crippen LogP contribution in [-0.2, 0) is 7.05 Å². The standard InChI is InChI=1S/C15H23N7O2/c1-9-7-13(23)21-14(19-9)16-5-6-17-15(24)20-10(2)12-8-18-22(4)11(12)3/h7-8,10H,5-6H2,1-4H3,(H2,17,20,24)(H2,16,19,21,23). The number of nitrogens with one attached hydrogen (secondary N) is 4. The Morgan fingerprint density at radius 2 is 2.12 bits per heavy atom. The van der Waals surface area contributed by atoms with Gasteiger partial charge in [0, 0.05) is 43.2 Å². The van der Waals surface area contributed by atoms with Gasteiger partial charge in [0.05, 0.1) is 12.2 Å². The normalized spacial score (nSPS) is 11.8. The van der Waals surface area contributed by atoms with Crippen LogP contribution in [0, 0.1) is 13.8 Å². The molecule has 2 amide bonds. The van der Waals surface area contributed by atoms with Crippen molar-refractivity contribution in [2.45, 2.75) is 26.8 Å². The fourth-order valence-corrected chi connectivity index (χ4v) is 2.29. The molecule has 2 aromatic heterocycles. The maximum absolute atomic E-state index is 11.9. The van der Waals surface area contributed by atoms with E-state index in [4.69, 9.17) is 0 Å². The molecular formula is C15H23N7O2. The molecule has 0 fully saturated rings. The zero-order valence-electron chi connectivity index (χ0n) is 14.3. The Morgan fingerprint density at radius 3 is 2.75 bits per heavy atom. The molecule has 0 aliphatic rings. The van der Waals surface area contributed by atoms with E-state index < -0.39 is 0 Å². The third-order valence-corrected chi connectivity index (χ3v) is 3.66. The fraction of sp³-hybridized carbons (Fsp3) is 0.467. The number of carbonyl (C=O) groups is 1. The lowest BCUT2D eigenvalue weighted by Gasteiger charge is -2.14. The molecule has 0 aliphatic heterocycles. The molecule has 24 heavy (non-hydrogen) atoms. The fourth-order valence-electron chi connectivity index (χ4n) is 2.29. The van der Waals surface area contributed by atoms with Crippen molar-refractivity contribution in [2.75, 3.05) is 18.4 Å². The van der Waals surface area contributed by atoms with Crippen LogP contribution in [0.15, 0.2) is 17.1 Å². The first kappa shape index (κ1) is 17.5. The van der Waals surface area contributed by atoms with Gasteiger partial charge in [-0.2, -0.15) is 5.10 Å². The van der Waals surface area contributed by atoms with E-state index >= 15 is 0 Å². The number of aromatic nitrogens is 4. The summed E-state index contributed by atoms with van der Waals surface area (Å²) in [4.78, 5) is 30.0. The summed E-state index contributed by atoms with van der Waals surface area (Å²) in [5.74, 6) is 0.390. The summed E-state index contributed by atoms with van der Waals surface area (Å²) < 4.78 is 1.77.